The molecule has 1 N–H and O–H groups in total. The van der Waals surface area contributed by atoms with Gasteiger partial charge >= 0.3 is 0 Å². The smallest absolute Gasteiger partial charge is 0.220 e. The molecule has 0 spiro atoms. The molecule has 1 aliphatic rings. The highest BCUT2D eigenvalue weighted by atomic mass is 16.1. The van der Waals surface area contributed by atoms with Crippen molar-refractivity contribution >= 4 is 16.8 Å². The largest absolute Gasteiger partial charge is 0.356 e. The molecule has 182 valence electrons. The molecule has 1 aliphatic heterocycles. The fourth-order valence-corrected chi connectivity index (χ4v) is 5.65. The molecule has 5 heteroatoms. The molecule has 2 aromatic carbocycles. The van der Waals surface area contributed by atoms with E-state index in [0.29, 0.717) is 6.42 Å². The van der Waals surface area contributed by atoms with Gasteiger partial charge in [0, 0.05) is 55.7 Å². The fraction of sp³-hybridized carbons (Fsp3) is 0.483. The van der Waals surface area contributed by atoms with Crippen molar-refractivity contribution in [3.63, 3.8) is 0 Å². The summed E-state index contributed by atoms with van der Waals surface area (Å²) in [7, 11) is 6.48. The van der Waals surface area contributed by atoms with Crippen LogP contribution in [-0.2, 0) is 17.4 Å². The van der Waals surface area contributed by atoms with E-state index in [0.717, 1.165) is 45.4 Å². The molecule has 1 unspecified atom stereocenters. The highest BCUT2D eigenvalue weighted by Gasteiger charge is 2.37. The summed E-state index contributed by atoms with van der Waals surface area (Å²) in [6.45, 7) is 6.13. The monoisotopic (exact) mass is 460 g/mol. The molecule has 1 aromatic heterocycles. The zero-order valence-electron chi connectivity index (χ0n) is 21.3. The molecular weight excluding hydrogens is 420 g/mol. The minimum absolute atomic E-state index is 0.129. The Kier molecular flexibility index (Phi) is 7.74. The van der Waals surface area contributed by atoms with Crippen molar-refractivity contribution in [3.05, 3.63) is 71.9 Å². The number of nitrogens with one attached hydrogen (secondary N) is 1. The summed E-state index contributed by atoms with van der Waals surface area (Å²) >= 11 is 0. The quantitative estimate of drug-likeness (QED) is 0.469. The first kappa shape index (κ1) is 24.5. The van der Waals surface area contributed by atoms with Gasteiger partial charge in [-0.15, -0.1) is 0 Å². The average Bonchev–Trinajstić information content (AvgIpc) is 3.19. The Morgan fingerprint density at radius 3 is 2.44 bits per heavy atom. The van der Waals surface area contributed by atoms with Gasteiger partial charge in [0.2, 0.25) is 5.91 Å². The van der Waals surface area contributed by atoms with Gasteiger partial charge in [-0.2, -0.15) is 0 Å². The lowest BCUT2D eigenvalue weighted by Crippen LogP contribution is -2.50. The topological polar surface area (TPSA) is 40.5 Å². The molecule has 4 rings (SSSR count). The summed E-state index contributed by atoms with van der Waals surface area (Å²) in [6.07, 6.45) is 5.97. The molecule has 0 bridgehead atoms. The van der Waals surface area contributed by atoms with Crippen LogP contribution >= 0.6 is 0 Å². The third kappa shape index (κ3) is 5.21. The number of aromatic nitrogens is 1. The zero-order chi connectivity index (χ0) is 24.1. The Balaban J connectivity index is 1.21. The van der Waals surface area contributed by atoms with Gasteiger partial charge in [0.1, 0.15) is 0 Å². The van der Waals surface area contributed by atoms with Crippen LogP contribution in [0.15, 0.2) is 60.8 Å². The summed E-state index contributed by atoms with van der Waals surface area (Å²) < 4.78 is 2.15. The average molecular weight is 461 g/mol. The van der Waals surface area contributed by atoms with Gasteiger partial charge < -0.3 is 14.8 Å². The predicted molar refractivity (Wildman–Crippen MR) is 141 cm³/mol. The predicted octanol–water partition coefficient (Wildman–Crippen LogP) is 4.73. The molecule has 1 atom stereocenters. The Labute approximate surface area is 204 Å². The van der Waals surface area contributed by atoms with Crippen molar-refractivity contribution in [3.8, 4) is 0 Å². The zero-order valence-corrected chi connectivity index (χ0v) is 21.3. The summed E-state index contributed by atoms with van der Waals surface area (Å²) in [5, 5.41) is 4.41. The molecule has 0 aliphatic carbocycles. The van der Waals surface area contributed by atoms with Crippen molar-refractivity contribution in [1.82, 2.24) is 19.7 Å². The second-order valence-electron chi connectivity index (χ2n) is 10.2. The molecule has 3 aromatic rings. The Morgan fingerprint density at radius 2 is 1.74 bits per heavy atom. The molecule has 0 saturated carbocycles. The van der Waals surface area contributed by atoms with E-state index >= 15 is 0 Å². The van der Waals surface area contributed by atoms with Gasteiger partial charge in [0.05, 0.1) is 0 Å². The van der Waals surface area contributed by atoms with Crippen LogP contribution < -0.4 is 5.32 Å². The van der Waals surface area contributed by atoms with E-state index in [1.807, 2.05) is 0 Å². The van der Waals surface area contributed by atoms with Crippen LogP contribution in [0.1, 0.15) is 49.7 Å². The maximum Gasteiger partial charge on any atom is 0.220 e. The number of likely N-dealkylation sites (tertiary alicyclic amines) is 1. The highest BCUT2D eigenvalue weighted by molar-refractivity contribution is 5.85. The van der Waals surface area contributed by atoms with Gasteiger partial charge in [0.15, 0.2) is 0 Å². The van der Waals surface area contributed by atoms with Crippen LogP contribution in [0, 0.1) is 0 Å². The van der Waals surface area contributed by atoms with Crippen LogP contribution in [0.4, 0.5) is 0 Å². The maximum absolute atomic E-state index is 12.6. The number of benzene rings is 2. The first-order valence-corrected chi connectivity index (χ1v) is 12.7. The van der Waals surface area contributed by atoms with Crippen molar-refractivity contribution < 1.29 is 4.79 Å². The number of hydrogen-bond donors (Lipinski definition) is 1. The molecule has 0 radical (unpaired) electrons. The lowest BCUT2D eigenvalue weighted by atomic mass is 9.80. The number of para-hydroxylation sites is 1. The molecule has 2 heterocycles. The maximum atomic E-state index is 12.6. The number of nitrogens with zero attached hydrogens (tertiary/aromatic N) is 3. The van der Waals surface area contributed by atoms with Gasteiger partial charge in [0.25, 0.3) is 0 Å². The summed E-state index contributed by atoms with van der Waals surface area (Å²) in [5.74, 6) is 0.347. The van der Waals surface area contributed by atoms with Crippen molar-refractivity contribution in [2.75, 3.05) is 40.3 Å². The standard InChI is InChI=1S/C29H40N4O/c1-23(26-22-32(4)27-14-9-8-13-25(26)27)21-28(34)30-17-10-18-33-19-15-29(16-20-33,31(2)3)24-11-6-5-7-12-24/h5-9,11-14,22-23H,10,15-21H2,1-4H3,(H,30,34). The Hall–Kier alpha value is -2.63. The first-order valence-electron chi connectivity index (χ1n) is 12.7. The van der Waals surface area contributed by atoms with Crippen LogP contribution in [0.5, 0.6) is 0 Å². The van der Waals surface area contributed by atoms with Crippen LogP contribution in [0.25, 0.3) is 10.9 Å². The minimum Gasteiger partial charge on any atom is -0.356 e. The number of amides is 1. The number of carbonyl (C=O) groups is 1. The van der Waals surface area contributed by atoms with Gasteiger partial charge in [-0.05, 0) is 63.0 Å². The van der Waals surface area contributed by atoms with E-state index in [-0.39, 0.29) is 17.4 Å². The van der Waals surface area contributed by atoms with Crippen molar-refractivity contribution in [2.24, 2.45) is 7.05 Å². The van der Waals surface area contributed by atoms with E-state index in [2.05, 4.69) is 109 Å². The first-order chi connectivity index (χ1) is 16.4. The van der Waals surface area contributed by atoms with E-state index < -0.39 is 0 Å². The van der Waals surface area contributed by atoms with Gasteiger partial charge in [-0.1, -0.05) is 55.5 Å². The summed E-state index contributed by atoms with van der Waals surface area (Å²) in [5.41, 5.74) is 4.03. The number of piperidine rings is 1. The molecule has 1 fully saturated rings. The number of hydrogen-bond acceptors (Lipinski definition) is 3. The second-order valence-corrected chi connectivity index (χ2v) is 10.2. The summed E-state index contributed by atoms with van der Waals surface area (Å²) in [6, 6.07) is 19.4. The van der Waals surface area contributed by atoms with E-state index in [4.69, 9.17) is 0 Å². The lowest BCUT2D eigenvalue weighted by molar-refractivity contribution is -0.121. The second kappa shape index (κ2) is 10.7. The lowest BCUT2D eigenvalue weighted by Gasteiger charge is -2.46. The van der Waals surface area contributed by atoms with E-state index in [1.54, 1.807) is 0 Å². The number of fused-ring (bicyclic) bond motifs is 1. The molecular formula is C29H40N4O. The van der Waals surface area contributed by atoms with Crippen molar-refractivity contribution in [2.45, 2.75) is 44.1 Å². The molecule has 1 amide bonds. The fourth-order valence-electron chi connectivity index (χ4n) is 5.65. The number of carbonyl (C=O) groups excluding carboxylic acids is 1. The number of aryl methyl sites for hydroxylation is 1. The van der Waals surface area contributed by atoms with E-state index in [9.17, 15) is 4.79 Å². The normalized spacial score (nSPS) is 17.2. The third-order valence-electron chi connectivity index (χ3n) is 7.77. The minimum atomic E-state index is 0.129. The highest BCUT2D eigenvalue weighted by Crippen LogP contribution is 2.37. The molecule has 34 heavy (non-hydrogen) atoms. The van der Waals surface area contributed by atoms with Gasteiger partial charge in [-0.25, -0.2) is 0 Å². The van der Waals surface area contributed by atoms with E-state index in [1.165, 1.54) is 22.0 Å². The van der Waals surface area contributed by atoms with Gasteiger partial charge in [-0.3, -0.25) is 9.69 Å². The molecule has 1 saturated heterocycles. The van der Waals surface area contributed by atoms with Crippen molar-refractivity contribution in [1.29, 1.82) is 0 Å². The number of rotatable bonds is 9. The Bertz CT molecular complexity index is 1080. The summed E-state index contributed by atoms with van der Waals surface area (Å²) in [4.78, 5) is 17.6. The van der Waals surface area contributed by atoms with Crippen LogP contribution in [0.2, 0.25) is 0 Å². The van der Waals surface area contributed by atoms with Crippen LogP contribution in [0.3, 0.4) is 0 Å². The molecule has 5 nitrogen and oxygen atoms in total. The third-order valence-corrected chi connectivity index (χ3v) is 7.77. The van der Waals surface area contributed by atoms with Crippen LogP contribution in [-0.4, -0.2) is 60.5 Å². The SMILES string of the molecule is CC(CC(=O)NCCCN1CCC(c2ccccc2)(N(C)C)CC1)c1cn(C)c2ccccc12. The Morgan fingerprint density at radius 1 is 1.06 bits per heavy atom.